The summed E-state index contributed by atoms with van der Waals surface area (Å²) in [5, 5.41) is 0.981. The van der Waals surface area contributed by atoms with Crippen molar-refractivity contribution in [2.24, 2.45) is 0 Å². The van der Waals surface area contributed by atoms with Crippen LogP contribution >= 0.6 is 22.7 Å². The molecule has 0 aliphatic heterocycles. The molecule has 0 N–H and O–H groups in total. The molecule has 0 aliphatic rings. The van der Waals surface area contributed by atoms with Gasteiger partial charge in [0.15, 0.2) is 0 Å². The van der Waals surface area contributed by atoms with E-state index in [0.717, 1.165) is 21.4 Å². The van der Waals surface area contributed by atoms with Crippen LogP contribution in [0.2, 0.25) is 0 Å². The highest BCUT2D eigenvalue weighted by Crippen LogP contribution is 2.39. The van der Waals surface area contributed by atoms with E-state index in [9.17, 15) is 4.79 Å². The summed E-state index contributed by atoms with van der Waals surface area (Å²) in [6.07, 6.45) is 0. The van der Waals surface area contributed by atoms with Gasteiger partial charge in [-0.3, -0.25) is 0 Å². The first-order valence-electron chi connectivity index (χ1n) is 7.32. The quantitative estimate of drug-likeness (QED) is 0.428. The van der Waals surface area contributed by atoms with Crippen LogP contribution in [0.5, 0.6) is 0 Å². The van der Waals surface area contributed by atoms with Crippen molar-refractivity contribution in [1.82, 2.24) is 0 Å². The Morgan fingerprint density at radius 1 is 0.739 bits per heavy atom. The zero-order valence-electron chi connectivity index (χ0n) is 12.8. The van der Waals surface area contributed by atoms with E-state index in [4.69, 9.17) is 4.42 Å². The molecule has 4 heteroatoms. The van der Waals surface area contributed by atoms with Gasteiger partial charge < -0.3 is 4.42 Å². The van der Waals surface area contributed by atoms with Gasteiger partial charge in [-0.05, 0) is 50.2 Å². The van der Waals surface area contributed by atoms with Gasteiger partial charge in [-0.2, -0.15) is 0 Å². The second-order valence-electron chi connectivity index (χ2n) is 5.48. The second kappa shape index (κ2) is 5.48. The van der Waals surface area contributed by atoms with Crippen molar-refractivity contribution in [2.75, 3.05) is 0 Å². The molecule has 0 aliphatic carbocycles. The van der Waals surface area contributed by atoms with E-state index in [2.05, 4.69) is 50.2 Å². The minimum Gasteiger partial charge on any atom is -0.422 e. The van der Waals surface area contributed by atoms with Gasteiger partial charge in [0.25, 0.3) is 0 Å². The Bertz CT molecular complexity index is 1070. The van der Waals surface area contributed by atoms with E-state index in [1.807, 2.05) is 6.07 Å². The van der Waals surface area contributed by atoms with Crippen LogP contribution in [0.3, 0.4) is 0 Å². The van der Waals surface area contributed by atoms with Crippen LogP contribution in [0.1, 0.15) is 9.75 Å². The lowest BCUT2D eigenvalue weighted by Gasteiger charge is -2.07. The Morgan fingerprint density at radius 3 is 1.96 bits per heavy atom. The van der Waals surface area contributed by atoms with Crippen molar-refractivity contribution < 1.29 is 4.42 Å². The van der Waals surface area contributed by atoms with Crippen LogP contribution in [-0.2, 0) is 0 Å². The second-order valence-corrected chi connectivity index (χ2v) is 8.05. The molecule has 0 bridgehead atoms. The van der Waals surface area contributed by atoms with Crippen LogP contribution in [0.15, 0.2) is 57.7 Å². The van der Waals surface area contributed by atoms with Crippen LogP contribution in [0.25, 0.3) is 31.9 Å². The first kappa shape index (κ1) is 14.4. The molecule has 4 rings (SSSR count). The molecule has 0 saturated carbocycles. The third kappa shape index (κ3) is 2.54. The molecular weight excluding hydrogens is 324 g/mol. The minimum atomic E-state index is -0.313. The summed E-state index contributed by atoms with van der Waals surface area (Å²) in [6, 6.07) is 15.9. The molecule has 2 nitrogen and oxygen atoms in total. The van der Waals surface area contributed by atoms with Gasteiger partial charge in [0.2, 0.25) is 0 Å². The Hall–Kier alpha value is -2.17. The Kier molecular flexibility index (Phi) is 3.43. The van der Waals surface area contributed by atoms with Crippen LogP contribution in [0.4, 0.5) is 0 Å². The van der Waals surface area contributed by atoms with E-state index in [1.165, 1.54) is 20.7 Å². The van der Waals surface area contributed by atoms with Crippen molar-refractivity contribution in [3.05, 3.63) is 68.7 Å². The number of rotatable bonds is 2. The zero-order valence-corrected chi connectivity index (χ0v) is 14.4. The highest BCUT2D eigenvalue weighted by molar-refractivity contribution is 7.16. The molecule has 0 atom stereocenters. The average molecular weight is 338 g/mol. The standard InChI is InChI=1S/C19H14O2S2/c1-11-3-8-16(22-11)13-5-6-15(17-9-4-12(2)23-17)19-14(13)7-10-18(20)21-19/h3-10H,1-2H3. The fraction of sp³-hybridized carbons (Fsp3) is 0.105. The van der Waals surface area contributed by atoms with Crippen molar-refractivity contribution in [1.29, 1.82) is 0 Å². The third-order valence-corrected chi connectivity index (χ3v) is 5.86. The fourth-order valence-electron chi connectivity index (χ4n) is 2.73. The maximum atomic E-state index is 11.8. The summed E-state index contributed by atoms with van der Waals surface area (Å²) in [5.41, 5.74) is 2.45. The SMILES string of the molecule is Cc1ccc(-c2ccc(-c3ccc(C)s3)c3oc(=O)ccc23)s1. The number of fused-ring (bicyclic) bond motifs is 1. The zero-order chi connectivity index (χ0) is 16.0. The van der Waals surface area contributed by atoms with E-state index >= 15 is 0 Å². The molecule has 3 heterocycles. The van der Waals surface area contributed by atoms with E-state index in [-0.39, 0.29) is 5.63 Å². The van der Waals surface area contributed by atoms with Gasteiger partial charge in [0, 0.05) is 42.1 Å². The fourth-order valence-corrected chi connectivity index (χ4v) is 4.53. The number of aryl methyl sites for hydroxylation is 2. The molecule has 0 amide bonds. The summed E-state index contributed by atoms with van der Waals surface area (Å²) in [7, 11) is 0. The molecule has 114 valence electrons. The largest absolute Gasteiger partial charge is 0.422 e. The smallest absolute Gasteiger partial charge is 0.336 e. The Labute approximate surface area is 141 Å². The normalized spacial score (nSPS) is 11.2. The topological polar surface area (TPSA) is 30.2 Å². The highest BCUT2D eigenvalue weighted by Gasteiger charge is 2.14. The average Bonchev–Trinajstić information content (AvgIpc) is 3.14. The Morgan fingerprint density at radius 2 is 1.35 bits per heavy atom. The molecule has 0 radical (unpaired) electrons. The maximum absolute atomic E-state index is 11.8. The summed E-state index contributed by atoms with van der Waals surface area (Å²) in [4.78, 5) is 16.6. The molecule has 23 heavy (non-hydrogen) atoms. The Balaban J connectivity index is 2.04. The first-order valence-corrected chi connectivity index (χ1v) is 8.95. The van der Waals surface area contributed by atoms with Gasteiger partial charge in [-0.15, -0.1) is 22.7 Å². The predicted molar refractivity (Wildman–Crippen MR) is 98.6 cm³/mol. The van der Waals surface area contributed by atoms with Crippen molar-refractivity contribution >= 4 is 33.6 Å². The molecule has 0 unspecified atom stereocenters. The predicted octanol–water partition coefficient (Wildman–Crippen LogP) is 5.87. The van der Waals surface area contributed by atoms with Crippen LogP contribution in [0, 0.1) is 13.8 Å². The van der Waals surface area contributed by atoms with Gasteiger partial charge in [-0.1, -0.05) is 6.07 Å². The maximum Gasteiger partial charge on any atom is 0.336 e. The minimum absolute atomic E-state index is 0.313. The molecule has 1 aromatic carbocycles. The molecule has 0 spiro atoms. The van der Waals surface area contributed by atoms with E-state index < -0.39 is 0 Å². The number of hydrogen-bond acceptors (Lipinski definition) is 4. The number of thiophene rings is 2. The van der Waals surface area contributed by atoms with Gasteiger partial charge in [-0.25, -0.2) is 4.79 Å². The van der Waals surface area contributed by atoms with Crippen LogP contribution < -0.4 is 5.63 Å². The van der Waals surface area contributed by atoms with E-state index in [1.54, 1.807) is 22.7 Å². The molecule has 3 aromatic heterocycles. The first-order chi connectivity index (χ1) is 11.1. The van der Waals surface area contributed by atoms with E-state index in [0.29, 0.717) is 5.58 Å². The van der Waals surface area contributed by atoms with Gasteiger partial charge >= 0.3 is 5.63 Å². The van der Waals surface area contributed by atoms with Crippen LogP contribution in [-0.4, -0.2) is 0 Å². The molecule has 0 fully saturated rings. The summed E-state index contributed by atoms with van der Waals surface area (Å²) in [6.45, 7) is 4.18. The highest BCUT2D eigenvalue weighted by atomic mass is 32.1. The number of benzene rings is 1. The summed E-state index contributed by atoms with van der Waals surface area (Å²) in [5.74, 6) is 0. The van der Waals surface area contributed by atoms with Crippen molar-refractivity contribution in [3.63, 3.8) is 0 Å². The molecular formula is C19H14O2S2. The van der Waals surface area contributed by atoms with Crippen molar-refractivity contribution in [2.45, 2.75) is 13.8 Å². The lowest BCUT2D eigenvalue weighted by molar-refractivity contribution is 0.562. The summed E-state index contributed by atoms with van der Waals surface area (Å²) < 4.78 is 5.58. The lowest BCUT2D eigenvalue weighted by Crippen LogP contribution is -1.96. The molecule has 4 aromatic rings. The van der Waals surface area contributed by atoms with Gasteiger partial charge in [0.1, 0.15) is 5.58 Å². The summed E-state index contributed by atoms with van der Waals surface area (Å²) >= 11 is 3.46. The lowest BCUT2D eigenvalue weighted by atomic mass is 10.0. The molecule has 0 saturated heterocycles. The van der Waals surface area contributed by atoms with Gasteiger partial charge in [0.05, 0.1) is 0 Å². The monoisotopic (exact) mass is 338 g/mol. The third-order valence-electron chi connectivity index (χ3n) is 3.80. The van der Waals surface area contributed by atoms with Crippen molar-refractivity contribution in [3.8, 4) is 20.9 Å². The number of hydrogen-bond donors (Lipinski definition) is 0.